The molecule has 4 saturated heterocycles. The van der Waals surface area contributed by atoms with E-state index in [2.05, 4.69) is 52.3 Å². The maximum Gasteiger partial charge on any atom is 0.355 e. The molecule has 6 atom stereocenters. The van der Waals surface area contributed by atoms with E-state index in [1.54, 1.807) is 36.8 Å². The van der Waals surface area contributed by atoms with Crippen LogP contribution >= 0.6 is 71.7 Å². The van der Waals surface area contributed by atoms with Crippen molar-refractivity contribution in [3.63, 3.8) is 0 Å². The minimum absolute atomic E-state index is 0.0320. The minimum Gasteiger partial charge on any atom is -0.480 e. The fourth-order valence-corrected chi connectivity index (χ4v) is 10.6. The fourth-order valence-electron chi connectivity index (χ4n) is 6.11. The molecule has 26 heteroatoms. The maximum atomic E-state index is 12.4. The molecule has 0 aromatic heterocycles. The van der Waals surface area contributed by atoms with Crippen LogP contribution in [0, 0.1) is 11.8 Å². The van der Waals surface area contributed by atoms with E-state index in [1.807, 2.05) is 70.2 Å². The molecule has 0 aliphatic carbocycles. The topological polar surface area (TPSA) is 243 Å². The molecule has 2 N–H and O–H groups in total. The quantitative estimate of drug-likeness (QED) is 0.0236. The van der Waals surface area contributed by atoms with E-state index in [9.17, 15) is 47.9 Å². The monoisotopic (exact) mass is 1200 g/mol. The highest BCUT2D eigenvalue weighted by Crippen LogP contribution is 2.31. The summed E-state index contributed by atoms with van der Waals surface area (Å²) in [7, 11) is 8.08. The average Bonchev–Trinajstić information content (AvgIpc) is 4.20. The molecule has 5 rings (SSSR count). The number of hydrogen-bond donors (Lipinski definition) is 3. The van der Waals surface area contributed by atoms with Crippen LogP contribution in [0.1, 0.15) is 106 Å². The lowest BCUT2D eigenvalue weighted by Crippen LogP contribution is -2.43. The highest BCUT2D eigenvalue weighted by Gasteiger charge is 2.37. The molecule has 0 bridgehead atoms. The Morgan fingerprint density at radius 2 is 1.13 bits per heavy atom. The van der Waals surface area contributed by atoms with Crippen LogP contribution in [0.25, 0.3) is 0 Å². The minimum atomic E-state index is -0.969. The first-order valence-electron chi connectivity index (χ1n) is 24.0. The van der Waals surface area contributed by atoms with Crippen LogP contribution in [0.2, 0.25) is 0 Å². The fraction of sp³-hybridized carbons (Fsp3) is 0.531. The number of aliphatic carboxylic acids is 2. The molecule has 418 valence electrons. The van der Waals surface area contributed by atoms with Crippen molar-refractivity contribution in [2.24, 2.45) is 11.8 Å². The van der Waals surface area contributed by atoms with Crippen LogP contribution in [0.5, 0.6) is 0 Å². The lowest BCUT2D eigenvalue weighted by Gasteiger charge is -2.24. The molecule has 1 aromatic carbocycles. The van der Waals surface area contributed by atoms with Crippen molar-refractivity contribution in [1.82, 2.24) is 19.9 Å². The largest absolute Gasteiger partial charge is 0.480 e. The number of carbonyl (C=O) groups excluding carboxylic acids is 8. The maximum absolute atomic E-state index is 12.4. The number of hydroxylamine groups is 4. The summed E-state index contributed by atoms with van der Waals surface area (Å²) in [6.07, 6.45) is 10.3. The first-order valence-corrected chi connectivity index (χ1v) is 32.6. The predicted octanol–water partition coefficient (Wildman–Crippen LogP) is 9.17. The Morgan fingerprint density at radius 3 is 1.48 bits per heavy atom. The second-order valence-corrected chi connectivity index (χ2v) is 23.8. The third-order valence-corrected chi connectivity index (χ3v) is 15.1. The number of carbonyl (C=O) groups is 10. The molecule has 4 aliphatic heterocycles. The molecule has 4 heterocycles. The van der Waals surface area contributed by atoms with Gasteiger partial charge in [0.2, 0.25) is 11.8 Å². The molecule has 6 amide bonds. The van der Waals surface area contributed by atoms with Crippen LogP contribution in [0.4, 0.5) is 0 Å². The summed E-state index contributed by atoms with van der Waals surface area (Å²) < 4.78 is 6.43. The predicted molar refractivity (Wildman–Crippen MR) is 311 cm³/mol. The van der Waals surface area contributed by atoms with E-state index < -0.39 is 66.6 Å². The summed E-state index contributed by atoms with van der Waals surface area (Å²) in [4.78, 5) is 128. The molecule has 0 saturated carbocycles. The Hall–Kier alpha value is -3.98. The van der Waals surface area contributed by atoms with Crippen molar-refractivity contribution in [2.75, 3.05) is 36.1 Å². The van der Waals surface area contributed by atoms with E-state index in [0.29, 0.717) is 65.5 Å². The smallest absolute Gasteiger partial charge is 0.355 e. The third kappa shape index (κ3) is 31.7. The highest BCUT2D eigenvalue weighted by molar-refractivity contribution is 8.77. The van der Waals surface area contributed by atoms with E-state index in [-0.39, 0.29) is 62.2 Å². The standard InChI is InChI=1S/C16H22N2O7S2.C13H13NO4S2.C9H15NO3S.C5H8.2C3H6.H2P2S/c1-10(15(22)17-7-2-3-11(17)16(23)24)9-27-26-8-6-14(21)25-18-12(19)4-5-13(18)20;15-11-6-7-12(16)14(11)18-13(17)8-9-19-20-10-4-2-1-3-5-10;1-6(5-14)8(11)10-4-2-3-7(10)9(12)13;1-3-5-4-2;2*1-3-2;1-2-3/h10-11H,2-9H2,1H3,(H,23,24);1-5H,6-9H2;6-7,14H,2-5H2,1H3,(H,12,13);3-4H,1-2H3;2*3H,1H2,2H3;1H2/p+1/t10-,11+;;6-,7+;;;;/m1.1..../s1/i/hD. The van der Waals surface area contributed by atoms with Gasteiger partial charge in [0.1, 0.15) is 12.1 Å². The first-order chi connectivity index (χ1) is 36.0. The van der Waals surface area contributed by atoms with Crippen molar-refractivity contribution < 1.29 is 67.8 Å². The van der Waals surface area contributed by atoms with Gasteiger partial charge < -0.3 is 29.7 Å². The van der Waals surface area contributed by atoms with Gasteiger partial charge in [0.15, 0.2) is 18.8 Å². The van der Waals surface area contributed by atoms with Gasteiger partial charge in [-0.25, -0.2) is 19.2 Å². The number of rotatable bonds is 18. The molecular formula is C49H73N4O14P2S6+. The van der Waals surface area contributed by atoms with E-state index >= 15 is 0 Å². The Bertz CT molecular complexity index is 2100. The van der Waals surface area contributed by atoms with Gasteiger partial charge in [0, 0.05) is 78.5 Å². The Balaban J connectivity index is 0. The SMILES string of the molecule is C=CC.C=CC.CC=C=CC.C[C@H](CS)C(=O)N1CCC[C@H]1C(=O)O.C[C@H](CSSCCC(=O)ON1C(=O)CCC1=O)C(=O)N1CCC[C@H]1C(=O)O.O=C(CCSSc1ccccc1)ON1C(=O)CCC1=O.[2H][P+](P)=S. The van der Waals surface area contributed by atoms with Gasteiger partial charge in [-0.05, 0) is 77.7 Å². The lowest BCUT2D eigenvalue weighted by molar-refractivity contribution is -0.197. The van der Waals surface area contributed by atoms with Gasteiger partial charge in [0.25, 0.3) is 23.6 Å². The van der Waals surface area contributed by atoms with E-state index in [1.165, 1.54) is 42.2 Å². The van der Waals surface area contributed by atoms with Gasteiger partial charge in [-0.3, -0.25) is 28.8 Å². The van der Waals surface area contributed by atoms with Crippen LogP contribution in [-0.2, 0) is 69.4 Å². The molecular weight excluding hydrogens is 1120 g/mol. The number of hydrogen-bond acceptors (Lipinski definition) is 18. The number of likely N-dealkylation sites (tertiary alicyclic amines) is 2. The number of carboxylic acids is 2. The van der Waals surface area contributed by atoms with Gasteiger partial charge in [-0.15, -0.1) is 29.0 Å². The Morgan fingerprint density at radius 1 is 0.760 bits per heavy atom. The highest BCUT2D eigenvalue weighted by atomic mass is 33.1. The Labute approximate surface area is 473 Å². The number of amides is 6. The summed E-state index contributed by atoms with van der Waals surface area (Å²) >= 11 is 8.35. The molecule has 0 spiro atoms. The third-order valence-electron chi connectivity index (χ3n) is 9.57. The number of benzene rings is 1. The lowest BCUT2D eigenvalue weighted by atomic mass is 10.1. The molecule has 4 fully saturated rings. The van der Waals surface area contributed by atoms with Crippen LogP contribution in [0.3, 0.4) is 0 Å². The molecule has 4 aliphatic rings. The van der Waals surface area contributed by atoms with E-state index in [0.717, 1.165) is 11.3 Å². The molecule has 2 unspecified atom stereocenters. The summed E-state index contributed by atoms with van der Waals surface area (Å²) in [5, 5.41) is 19.1. The summed E-state index contributed by atoms with van der Waals surface area (Å²) in [5.74, 6) is -3.88. The van der Waals surface area contributed by atoms with Crippen molar-refractivity contribution in [2.45, 2.75) is 123 Å². The van der Waals surface area contributed by atoms with Crippen molar-refractivity contribution >= 4 is 143 Å². The van der Waals surface area contributed by atoms with Gasteiger partial charge >= 0.3 is 25.2 Å². The number of nitrogens with zero attached hydrogens (tertiary/aromatic N) is 4. The number of imide groups is 2. The zero-order valence-corrected chi connectivity index (χ0v) is 50.4. The summed E-state index contributed by atoms with van der Waals surface area (Å²) in [6, 6.07) is 8.45. The van der Waals surface area contributed by atoms with E-state index in [4.69, 9.17) is 21.2 Å². The number of carboxylic acid groups (broad SMARTS) is 2. The van der Waals surface area contributed by atoms with Crippen LogP contribution in [-0.4, -0.2) is 139 Å². The zero-order chi connectivity index (χ0) is 58.2. The normalized spacial score (nSPS) is 17.1. The van der Waals surface area contributed by atoms with Crippen molar-refractivity contribution in [3.05, 3.63) is 73.5 Å². The number of allylic oxidation sites excluding steroid dienone is 3. The first kappa shape index (κ1) is 71.0. The van der Waals surface area contributed by atoms with Crippen molar-refractivity contribution in [1.29, 1.82) is 1.28 Å². The average molecular weight is 1200 g/mol. The molecule has 18 nitrogen and oxygen atoms in total. The van der Waals surface area contributed by atoms with Gasteiger partial charge in [-0.2, -0.15) is 12.6 Å². The van der Waals surface area contributed by atoms with Crippen LogP contribution < -0.4 is 0 Å². The Kier molecular flexibility index (Phi) is 42.7. The van der Waals surface area contributed by atoms with Crippen LogP contribution in [0.15, 0.2) is 78.4 Å². The zero-order valence-electron chi connectivity index (χ0n) is 44.3. The molecule has 1 aromatic rings. The van der Waals surface area contributed by atoms with Crippen molar-refractivity contribution in [3.8, 4) is 0 Å². The summed E-state index contributed by atoms with van der Waals surface area (Å²) in [6.45, 7) is 18.1. The second-order valence-electron chi connectivity index (χ2n) is 15.6. The summed E-state index contributed by atoms with van der Waals surface area (Å²) in [5.41, 5.74) is 2.86. The second kappa shape index (κ2) is 45.1. The molecule has 75 heavy (non-hydrogen) atoms. The number of thiol groups is 1. The molecule has 0 radical (unpaired) electrons. The van der Waals surface area contributed by atoms with Gasteiger partial charge in [0.05, 0.1) is 21.8 Å². The van der Waals surface area contributed by atoms with Gasteiger partial charge in [-0.1, -0.05) is 87.4 Å².